The molecule has 0 saturated heterocycles. The largest absolute Gasteiger partial charge is 0.445 e. The molecular formula is C20H25N3O2. The lowest BCUT2D eigenvalue weighted by atomic mass is 9.93. The van der Waals surface area contributed by atoms with Gasteiger partial charge in [0.25, 0.3) is 0 Å². The second-order valence-electron chi connectivity index (χ2n) is 6.69. The number of ether oxygens (including phenoxy) is 1. The molecule has 0 spiro atoms. The summed E-state index contributed by atoms with van der Waals surface area (Å²) in [5.74, 6) is 0. The Bertz CT molecular complexity index is 772. The predicted molar refractivity (Wildman–Crippen MR) is 101 cm³/mol. The zero-order chi connectivity index (χ0) is 18.0. The quantitative estimate of drug-likeness (QED) is 0.872. The third-order valence-corrected chi connectivity index (χ3v) is 4.70. The monoisotopic (exact) mass is 339 g/mol. The lowest BCUT2D eigenvalue weighted by molar-refractivity contribution is 0.0919. The molecule has 5 nitrogen and oxygen atoms in total. The average Bonchev–Trinajstić information content (AvgIpc) is 2.63. The molecule has 132 valence electrons. The standard InChI is InChI=1S/C20H25N3O2/c1-14-11-18(22(2)3)17-12-23(10-9-16(17)19(14)21)20(24)25-13-15-7-5-4-6-8-15/h4-8,11H,9-10,12-13,21H2,1-3H3. The van der Waals surface area contributed by atoms with Crippen molar-refractivity contribution in [2.24, 2.45) is 0 Å². The van der Waals surface area contributed by atoms with Crippen molar-refractivity contribution in [1.29, 1.82) is 0 Å². The predicted octanol–water partition coefficient (Wildman–Crippen LogP) is 3.34. The van der Waals surface area contributed by atoms with Crippen LogP contribution in [0, 0.1) is 6.92 Å². The van der Waals surface area contributed by atoms with Crippen LogP contribution in [0.2, 0.25) is 0 Å². The fraction of sp³-hybridized carbons (Fsp3) is 0.350. The van der Waals surface area contributed by atoms with Gasteiger partial charge in [-0.05, 0) is 36.1 Å². The minimum Gasteiger partial charge on any atom is -0.445 e. The number of amides is 1. The van der Waals surface area contributed by atoms with Crippen molar-refractivity contribution < 1.29 is 9.53 Å². The van der Waals surface area contributed by atoms with Gasteiger partial charge in [-0.2, -0.15) is 0 Å². The molecule has 1 heterocycles. The highest BCUT2D eigenvalue weighted by molar-refractivity contribution is 5.73. The van der Waals surface area contributed by atoms with Crippen molar-refractivity contribution in [1.82, 2.24) is 4.90 Å². The van der Waals surface area contributed by atoms with Crippen LogP contribution in [0.25, 0.3) is 0 Å². The second kappa shape index (κ2) is 7.05. The van der Waals surface area contributed by atoms with E-state index in [1.807, 2.05) is 51.4 Å². The summed E-state index contributed by atoms with van der Waals surface area (Å²) in [4.78, 5) is 16.3. The Kier molecular flexibility index (Phi) is 4.83. The van der Waals surface area contributed by atoms with Crippen molar-refractivity contribution >= 4 is 17.5 Å². The van der Waals surface area contributed by atoms with E-state index in [0.29, 0.717) is 19.7 Å². The molecule has 0 fully saturated rings. The number of nitrogens with two attached hydrogens (primary N) is 1. The Morgan fingerprint density at radius 3 is 2.64 bits per heavy atom. The van der Waals surface area contributed by atoms with Gasteiger partial charge in [-0.1, -0.05) is 30.3 Å². The molecule has 2 aromatic carbocycles. The zero-order valence-electron chi connectivity index (χ0n) is 15.1. The van der Waals surface area contributed by atoms with Crippen LogP contribution in [-0.2, 0) is 24.3 Å². The highest BCUT2D eigenvalue weighted by atomic mass is 16.6. The number of hydrogen-bond acceptors (Lipinski definition) is 4. The minimum absolute atomic E-state index is 0.279. The molecule has 0 bridgehead atoms. The summed E-state index contributed by atoms with van der Waals surface area (Å²) >= 11 is 0. The van der Waals surface area contributed by atoms with Gasteiger partial charge >= 0.3 is 6.09 Å². The highest BCUT2D eigenvalue weighted by Crippen LogP contribution is 2.34. The molecular weight excluding hydrogens is 314 g/mol. The number of benzene rings is 2. The number of fused-ring (bicyclic) bond motifs is 1. The van der Waals surface area contributed by atoms with Gasteiger partial charge in [0.2, 0.25) is 0 Å². The van der Waals surface area contributed by atoms with E-state index >= 15 is 0 Å². The molecule has 2 N–H and O–H groups in total. The van der Waals surface area contributed by atoms with E-state index in [1.165, 1.54) is 0 Å². The van der Waals surface area contributed by atoms with E-state index < -0.39 is 0 Å². The molecule has 2 aromatic rings. The Balaban J connectivity index is 1.76. The molecule has 0 unspecified atom stereocenters. The maximum Gasteiger partial charge on any atom is 0.410 e. The first-order valence-corrected chi connectivity index (χ1v) is 8.51. The van der Waals surface area contributed by atoms with Gasteiger partial charge in [0.15, 0.2) is 0 Å². The van der Waals surface area contributed by atoms with E-state index in [9.17, 15) is 4.79 Å². The lowest BCUT2D eigenvalue weighted by Crippen LogP contribution is -2.37. The summed E-state index contributed by atoms with van der Waals surface area (Å²) in [6, 6.07) is 11.8. The van der Waals surface area contributed by atoms with Crippen molar-refractivity contribution in [2.75, 3.05) is 31.3 Å². The normalized spacial score (nSPS) is 13.3. The van der Waals surface area contributed by atoms with Crippen LogP contribution < -0.4 is 10.6 Å². The van der Waals surface area contributed by atoms with Gasteiger partial charge in [-0.3, -0.25) is 0 Å². The van der Waals surface area contributed by atoms with Gasteiger partial charge in [0, 0.05) is 37.6 Å². The van der Waals surface area contributed by atoms with E-state index in [1.54, 1.807) is 4.90 Å². The molecule has 1 aliphatic heterocycles. The van der Waals surface area contributed by atoms with Crippen LogP contribution >= 0.6 is 0 Å². The number of nitrogen functional groups attached to an aromatic ring is 1. The van der Waals surface area contributed by atoms with Gasteiger partial charge in [-0.25, -0.2) is 4.79 Å². The molecule has 0 saturated carbocycles. The zero-order valence-corrected chi connectivity index (χ0v) is 15.1. The average molecular weight is 339 g/mol. The van der Waals surface area contributed by atoms with Gasteiger partial charge in [-0.15, -0.1) is 0 Å². The van der Waals surface area contributed by atoms with E-state index in [4.69, 9.17) is 10.5 Å². The van der Waals surface area contributed by atoms with Crippen molar-refractivity contribution in [3.05, 3.63) is 58.7 Å². The first kappa shape index (κ1) is 17.1. The van der Waals surface area contributed by atoms with Crippen LogP contribution in [0.3, 0.4) is 0 Å². The van der Waals surface area contributed by atoms with E-state index in [-0.39, 0.29) is 6.09 Å². The number of hydrogen-bond donors (Lipinski definition) is 1. The number of nitrogens with zero attached hydrogens (tertiary/aromatic N) is 2. The minimum atomic E-state index is -0.279. The third-order valence-electron chi connectivity index (χ3n) is 4.70. The molecule has 1 aliphatic rings. The Labute approximate surface area is 149 Å². The topological polar surface area (TPSA) is 58.8 Å². The van der Waals surface area contributed by atoms with Crippen LogP contribution in [0.4, 0.5) is 16.2 Å². The smallest absolute Gasteiger partial charge is 0.410 e. The summed E-state index contributed by atoms with van der Waals surface area (Å²) in [6.45, 7) is 3.48. The molecule has 0 atom stereocenters. The maximum atomic E-state index is 12.5. The fourth-order valence-corrected chi connectivity index (χ4v) is 3.27. The maximum absolute atomic E-state index is 12.5. The molecule has 0 aromatic heterocycles. The Hall–Kier alpha value is -2.69. The molecule has 25 heavy (non-hydrogen) atoms. The Morgan fingerprint density at radius 1 is 1.24 bits per heavy atom. The highest BCUT2D eigenvalue weighted by Gasteiger charge is 2.26. The van der Waals surface area contributed by atoms with Crippen LogP contribution in [-0.4, -0.2) is 31.6 Å². The van der Waals surface area contributed by atoms with Gasteiger partial charge in [0.05, 0.1) is 6.54 Å². The SMILES string of the molecule is Cc1cc(N(C)C)c2c(c1N)CCN(C(=O)OCc1ccccc1)C2. The third kappa shape index (κ3) is 3.55. The second-order valence-corrected chi connectivity index (χ2v) is 6.69. The molecule has 1 amide bonds. The summed E-state index contributed by atoms with van der Waals surface area (Å²) < 4.78 is 5.48. The summed E-state index contributed by atoms with van der Waals surface area (Å²) in [6.07, 6.45) is 0.475. The summed E-state index contributed by atoms with van der Waals surface area (Å²) in [5.41, 5.74) is 12.6. The van der Waals surface area contributed by atoms with Crippen LogP contribution in [0.1, 0.15) is 22.3 Å². The molecule has 3 rings (SSSR count). The first-order chi connectivity index (χ1) is 12.0. The fourth-order valence-electron chi connectivity index (χ4n) is 3.27. The van der Waals surface area contributed by atoms with E-state index in [0.717, 1.165) is 40.0 Å². The van der Waals surface area contributed by atoms with Crippen LogP contribution in [0.5, 0.6) is 0 Å². The summed E-state index contributed by atoms with van der Waals surface area (Å²) in [7, 11) is 4.02. The number of aryl methyl sites for hydroxylation is 1. The number of anilines is 2. The number of carbonyl (C=O) groups excluding carboxylic acids is 1. The van der Waals surface area contributed by atoms with Crippen LogP contribution in [0.15, 0.2) is 36.4 Å². The summed E-state index contributed by atoms with van der Waals surface area (Å²) in [5, 5.41) is 0. The first-order valence-electron chi connectivity index (χ1n) is 8.51. The van der Waals surface area contributed by atoms with E-state index in [2.05, 4.69) is 11.0 Å². The molecule has 5 heteroatoms. The molecule has 0 radical (unpaired) electrons. The van der Waals surface area contributed by atoms with Crippen molar-refractivity contribution in [3.63, 3.8) is 0 Å². The Morgan fingerprint density at radius 2 is 1.96 bits per heavy atom. The lowest BCUT2D eigenvalue weighted by Gasteiger charge is -2.32. The number of rotatable bonds is 3. The number of carbonyl (C=O) groups is 1. The van der Waals surface area contributed by atoms with Gasteiger partial charge in [0.1, 0.15) is 6.61 Å². The molecule has 0 aliphatic carbocycles. The van der Waals surface area contributed by atoms with Crippen molar-refractivity contribution in [3.8, 4) is 0 Å². The van der Waals surface area contributed by atoms with Crippen molar-refractivity contribution in [2.45, 2.75) is 26.5 Å². The van der Waals surface area contributed by atoms with Gasteiger partial charge < -0.3 is 20.3 Å².